The van der Waals surface area contributed by atoms with Gasteiger partial charge in [-0.25, -0.2) is 4.79 Å². The zero-order chi connectivity index (χ0) is 14.5. The number of amides is 3. The second kappa shape index (κ2) is 7.04. The molecule has 2 rings (SSSR count). The molecule has 0 aliphatic carbocycles. The Balaban J connectivity index is 1.72. The fraction of sp³-hybridized carbons (Fsp3) is 0.857. The molecule has 2 bridgehead atoms. The van der Waals surface area contributed by atoms with Crippen molar-refractivity contribution in [2.45, 2.75) is 57.2 Å². The van der Waals surface area contributed by atoms with Crippen molar-refractivity contribution in [3.63, 3.8) is 0 Å². The van der Waals surface area contributed by atoms with Gasteiger partial charge in [0, 0.05) is 24.7 Å². The zero-order valence-corrected chi connectivity index (χ0v) is 12.4. The second-order valence-corrected chi connectivity index (χ2v) is 5.98. The number of piperidine rings is 1. The number of carbonyl (C=O) groups is 2. The molecule has 0 radical (unpaired) electrons. The standard InChI is InChI=1S/C14H26N4O2/c1-3-6-15-14(20)17-13(19)9-18(2)12-7-10-4-5-11(8-12)16-10/h10-12,16H,3-9H2,1-2H3,(H2,15,17,19,20). The average molecular weight is 282 g/mol. The van der Waals surface area contributed by atoms with Crippen LogP contribution in [-0.2, 0) is 4.79 Å². The molecule has 20 heavy (non-hydrogen) atoms. The van der Waals surface area contributed by atoms with Gasteiger partial charge < -0.3 is 10.6 Å². The number of rotatable bonds is 5. The number of urea groups is 1. The van der Waals surface area contributed by atoms with Gasteiger partial charge in [-0.15, -0.1) is 0 Å². The number of fused-ring (bicyclic) bond motifs is 2. The van der Waals surface area contributed by atoms with Gasteiger partial charge in [0.25, 0.3) is 0 Å². The summed E-state index contributed by atoms with van der Waals surface area (Å²) in [5.74, 6) is -0.230. The Morgan fingerprint density at radius 2 is 1.90 bits per heavy atom. The van der Waals surface area contributed by atoms with Crippen LogP contribution in [0, 0.1) is 0 Å². The highest BCUT2D eigenvalue weighted by Gasteiger charge is 2.35. The van der Waals surface area contributed by atoms with E-state index in [1.165, 1.54) is 12.8 Å². The Bertz CT molecular complexity index is 349. The van der Waals surface area contributed by atoms with Crippen LogP contribution >= 0.6 is 0 Å². The average Bonchev–Trinajstić information content (AvgIpc) is 2.74. The first-order valence-corrected chi connectivity index (χ1v) is 7.62. The maximum absolute atomic E-state index is 11.8. The highest BCUT2D eigenvalue weighted by molar-refractivity contribution is 5.95. The van der Waals surface area contributed by atoms with E-state index in [1.807, 2.05) is 14.0 Å². The largest absolute Gasteiger partial charge is 0.338 e. The summed E-state index contributed by atoms with van der Waals surface area (Å²) >= 11 is 0. The summed E-state index contributed by atoms with van der Waals surface area (Å²) in [4.78, 5) is 25.3. The minimum Gasteiger partial charge on any atom is -0.338 e. The molecule has 0 saturated carbocycles. The van der Waals surface area contributed by atoms with Crippen molar-refractivity contribution in [2.24, 2.45) is 0 Å². The molecule has 6 nitrogen and oxygen atoms in total. The summed E-state index contributed by atoms with van der Waals surface area (Å²) in [6.45, 7) is 2.84. The molecule has 0 aromatic heterocycles. The fourth-order valence-electron chi connectivity index (χ4n) is 3.19. The minimum absolute atomic E-state index is 0.230. The summed E-state index contributed by atoms with van der Waals surface area (Å²) in [6.07, 6.45) is 5.56. The lowest BCUT2D eigenvalue weighted by Gasteiger charge is -2.35. The first-order valence-electron chi connectivity index (χ1n) is 7.62. The highest BCUT2D eigenvalue weighted by Crippen LogP contribution is 2.28. The molecular weight excluding hydrogens is 256 g/mol. The SMILES string of the molecule is CCCNC(=O)NC(=O)CN(C)C1CC2CCC(C1)N2. The third-order valence-electron chi connectivity index (χ3n) is 4.25. The first-order chi connectivity index (χ1) is 9.58. The summed E-state index contributed by atoms with van der Waals surface area (Å²) < 4.78 is 0. The van der Waals surface area contributed by atoms with Crippen molar-refractivity contribution >= 4 is 11.9 Å². The van der Waals surface area contributed by atoms with E-state index in [1.54, 1.807) is 0 Å². The molecule has 0 spiro atoms. The van der Waals surface area contributed by atoms with Gasteiger partial charge in [0.15, 0.2) is 0 Å². The molecule has 0 aromatic rings. The van der Waals surface area contributed by atoms with Gasteiger partial charge in [-0.2, -0.15) is 0 Å². The molecule has 2 atom stereocenters. The van der Waals surface area contributed by atoms with Gasteiger partial charge in [-0.3, -0.25) is 15.0 Å². The molecular formula is C14H26N4O2. The molecule has 114 valence electrons. The Morgan fingerprint density at radius 1 is 1.25 bits per heavy atom. The van der Waals surface area contributed by atoms with Crippen LogP contribution in [0.5, 0.6) is 0 Å². The van der Waals surface area contributed by atoms with Crippen LogP contribution in [0.4, 0.5) is 4.79 Å². The van der Waals surface area contributed by atoms with E-state index in [2.05, 4.69) is 20.9 Å². The van der Waals surface area contributed by atoms with Crippen LogP contribution in [0.25, 0.3) is 0 Å². The Morgan fingerprint density at radius 3 is 2.50 bits per heavy atom. The zero-order valence-electron chi connectivity index (χ0n) is 12.4. The molecule has 2 heterocycles. The first kappa shape index (κ1) is 15.3. The molecule has 0 aromatic carbocycles. The lowest BCUT2D eigenvalue weighted by Crippen LogP contribution is -2.50. The Kier molecular flexibility index (Phi) is 5.37. The predicted octanol–water partition coefficient (Wildman–Crippen LogP) is 0.437. The number of likely N-dealkylation sites (N-methyl/N-ethyl adjacent to an activating group) is 1. The van der Waals surface area contributed by atoms with Gasteiger partial charge in [0.1, 0.15) is 0 Å². The van der Waals surface area contributed by atoms with Crippen molar-refractivity contribution in [2.75, 3.05) is 20.1 Å². The fourth-order valence-corrected chi connectivity index (χ4v) is 3.19. The maximum Gasteiger partial charge on any atom is 0.321 e. The number of nitrogens with one attached hydrogen (secondary N) is 3. The van der Waals surface area contributed by atoms with Crippen molar-refractivity contribution in [3.8, 4) is 0 Å². The second-order valence-electron chi connectivity index (χ2n) is 5.98. The topological polar surface area (TPSA) is 73.5 Å². The van der Waals surface area contributed by atoms with Crippen LogP contribution in [-0.4, -0.2) is 55.1 Å². The van der Waals surface area contributed by atoms with E-state index in [0.717, 1.165) is 19.3 Å². The molecule has 6 heteroatoms. The summed E-state index contributed by atoms with van der Waals surface area (Å²) in [6, 6.07) is 1.27. The highest BCUT2D eigenvalue weighted by atomic mass is 16.2. The molecule has 2 fully saturated rings. The van der Waals surface area contributed by atoms with E-state index >= 15 is 0 Å². The van der Waals surface area contributed by atoms with E-state index in [-0.39, 0.29) is 12.5 Å². The van der Waals surface area contributed by atoms with Crippen LogP contribution in [0.15, 0.2) is 0 Å². The number of nitrogens with zero attached hydrogens (tertiary/aromatic N) is 1. The summed E-state index contributed by atoms with van der Waals surface area (Å²) in [5.41, 5.74) is 0. The van der Waals surface area contributed by atoms with Crippen molar-refractivity contribution in [1.29, 1.82) is 0 Å². The molecule has 2 aliphatic rings. The van der Waals surface area contributed by atoms with Gasteiger partial charge in [-0.05, 0) is 39.2 Å². The van der Waals surface area contributed by atoms with E-state index in [9.17, 15) is 9.59 Å². The van der Waals surface area contributed by atoms with Crippen LogP contribution < -0.4 is 16.0 Å². The molecule has 2 saturated heterocycles. The van der Waals surface area contributed by atoms with Gasteiger partial charge in [0.2, 0.25) is 5.91 Å². The van der Waals surface area contributed by atoms with Gasteiger partial charge in [0.05, 0.1) is 6.54 Å². The van der Waals surface area contributed by atoms with Crippen molar-refractivity contribution in [3.05, 3.63) is 0 Å². The molecule has 2 unspecified atom stereocenters. The van der Waals surface area contributed by atoms with Crippen LogP contribution in [0.3, 0.4) is 0 Å². The lowest BCUT2D eigenvalue weighted by atomic mass is 9.98. The smallest absolute Gasteiger partial charge is 0.321 e. The molecule has 3 N–H and O–H groups in total. The number of carbonyl (C=O) groups excluding carboxylic acids is 2. The number of hydrogen-bond donors (Lipinski definition) is 3. The van der Waals surface area contributed by atoms with E-state index in [0.29, 0.717) is 24.7 Å². The molecule has 2 aliphatic heterocycles. The van der Waals surface area contributed by atoms with Crippen molar-refractivity contribution in [1.82, 2.24) is 20.9 Å². The minimum atomic E-state index is -0.393. The monoisotopic (exact) mass is 282 g/mol. The Hall–Kier alpha value is -1.14. The van der Waals surface area contributed by atoms with Crippen molar-refractivity contribution < 1.29 is 9.59 Å². The van der Waals surface area contributed by atoms with E-state index in [4.69, 9.17) is 0 Å². The van der Waals surface area contributed by atoms with Gasteiger partial charge >= 0.3 is 6.03 Å². The Labute approximate surface area is 120 Å². The quantitative estimate of drug-likeness (QED) is 0.684. The van der Waals surface area contributed by atoms with Crippen LogP contribution in [0.1, 0.15) is 39.0 Å². The summed E-state index contributed by atoms with van der Waals surface area (Å²) in [5, 5.41) is 8.61. The van der Waals surface area contributed by atoms with Crippen LogP contribution in [0.2, 0.25) is 0 Å². The lowest BCUT2D eigenvalue weighted by molar-refractivity contribution is -0.121. The third kappa shape index (κ3) is 4.18. The summed E-state index contributed by atoms with van der Waals surface area (Å²) in [7, 11) is 1.97. The number of hydrogen-bond acceptors (Lipinski definition) is 4. The molecule has 3 amide bonds. The van der Waals surface area contributed by atoms with E-state index < -0.39 is 6.03 Å². The maximum atomic E-state index is 11.8. The van der Waals surface area contributed by atoms with Gasteiger partial charge in [-0.1, -0.05) is 6.92 Å². The predicted molar refractivity (Wildman–Crippen MR) is 77.4 cm³/mol. The third-order valence-corrected chi connectivity index (χ3v) is 4.25. The number of imide groups is 1. The normalized spacial score (nSPS) is 28.4.